The smallest absolute Gasteiger partial charge is 0.151 e. The average Bonchev–Trinajstić information content (AvgIpc) is 2.42. The van der Waals surface area contributed by atoms with Gasteiger partial charge in [-0.25, -0.2) is 0 Å². The van der Waals surface area contributed by atoms with Gasteiger partial charge in [0.1, 0.15) is 5.75 Å². The summed E-state index contributed by atoms with van der Waals surface area (Å²) in [5, 5.41) is 3.28. The van der Waals surface area contributed by atoms with Crippen molar-refractivity contribution < 1.29 is 9.53 Å². The van der Waals surface area contributed by atoms with Crippen molar-refractivity contribution in [2.24, 2.45) is 0 Å². The summed E-state index contributed by atoms with van der Waals surface area (Å²) in [5.41, 5.74) is 0.986. The SMILES string of the molecule is COc1ccc(Br)c(CC(=O)CN2CCNCC2)c1. The van der Waals surface area contributed by atoms with Gasteiger partial charge in [0.25, 0.3) is 0 Å². The maximum Gasteiger partial charge on any atom is 0.151 e. The zero-order valence-electron chi connectivity index (χ0n) is 11.1. The van der Waals surface area contributed by atoms with Crippen molar-refractivity contribution in [3.05, 3.63) is 28.2 Å². The molecule has 0 radical (unpaired) electrons. The van der Waals surface area contributed by atoms with E-state index in [1.807, 2.05) is 18.2 Å². The van der Waals surface area contributed by atoms with Crippen LogP contribution in [0.4, 0.5) is 0 Å². The standard InChI is InChI=1S/C14H19BrN2O2/c1-19-13-2-3-14(15)11(9-13)8-12(18)10-17-6-4-16-5-7-17/h2-3,9,16H,4-8,10H2,1H3. The van der Waals surface area contributed by atoms with E-state index in [0.29, 0.717) is 13.0 Å². The molecule has 1 saturated heterocycles. The fraction of sp³-hybridized carbons (Fsp3) is 0.500. The fourth-order valence-electron chi connectivity index (χ4n) is 2.20. The minimum absolute atomic E-state index is 0.246. The van der Waals surface area contributed by atoms with E-state index in [1.165, 1.54) is 0 Å². The Morgan fingerprint density at radius 2 is 2.16 bits per heavy atom. The number of nitrogens with one attached hydrogen (secondary N) is 1. The fourth-order valence-corrected chi connectivity index (χ4v) is 2.59. The van der Waals surface area contributed by atoms with Crippen LogP contribution < -0.4 is 10.1 Å². The predicted octanol–water partition coefficient (Wildman–Crippen LogP) is 1.47. The van der Waals surface area contributed by atoms with Crippen molar-refractivity contribution in [1.82, 2.24) is 10.2 Å². The average molecular weight is 327 g/mol. The molecule has 0 amide bonds. The molecule has 1 N–H and O–H groups in total. The zero-order chi connectivity index (χ0) is 13.7. The van der Waals surface area contributed by atoms with Gasteiger partial charge in [0.15, 0.2) is 5.78 Å². The third-order valence-corrected chi connectivity index (χ3v) is 4.02. The highest BCUT2D eigenvalue weighted by atomic mass is 79.9. The number of hydrogen-bond acceptors (Lipinski definition) is 4. The van der Waals surface area contributed by atoms with E-state index in [2.05, 4.69) is 26.1 Å². The van der Waals surface area contributed by atoms with Crippen LogP contribution in [0.25, 0.3) is 0 Å². The van der Waals surface area contributed by atoms with E-state index in [4.69, 9.17) is 4.74 Å². The van der Waals surface area contributed by atoms with Gasteiger partial charge in [0.2, 0.25) is 0 Å². The third-order valence-electron chi connectivity index (χ3n) is 3.25. The molecule has 1 fully saturated rings. The highest BCUT2D eigenvalue weighted by molar-refractivity contribution is 9.10. The lowest BCUT2D eigenvalue weighted by atomic mass is 10.1. The molecule has 104 valence electrons. The maximum absolute atomic E-state index is 12.1. The number of carbonyl (C=O) groups is 1. The van der Waals surface area contributed by atoms with Crippen molar-refractivity contribution >= 4 is 21.7 Å². The first-order valence-electron chi connectivity index (χ1n) is 6.46. The van der Waals surface area contributed by atoms with Crippen LogP contribution in [0, 0.1) is 0 Å². The van der Waals surface area contributed by atoms with Crippen molar-refractivity contribution in [2.75, 3.05) is 39.8 Å². The first kappa shape index (κ1) is 14.5. The lowest BCUT2D eigenvalue weighted by Gasteiger charge is -2.26. The van der Waals surface area contributed by atoms with E-state index in [1.54, 1.807) is 7.11 Å². The number of nitrogens with zero attached hydrogens (tertiary/aromatic N) is 1. The number of ether oxygens (including phenoxy) is 1. The Balaban J connectivity index is 1.94. The number of hydrogen-bond donors (Lipinski definition) is 1. The number of piperazine rings is 1. The number of benzene rings is 1. The van der Waals surface area contributed by atoms with Gasteiger partial charge in [0.05, 0.1) is 13.7 Å². The summed E-state index contributed by atoms with van der Waals surface area (Å²) in [7, 11) is 1.63. The van der Waals surface area contributed by atoms with Gasteiger partial charge in [-0.15, -0.1) is 0 Å². The second-order valence-electron chi connectivity index (χ2n) is 4.70. The first-order valence-corrected chi connectivity index (χ1v) is 7.25. The molecule has 1 aliphatic heterocycles. The van der Waals surface area contributed by atoms with Gasteiger partial charge in [-0.05, 0) is 23.8 Å². The molecule has 0 saturated carbocycles. The molecule has 1 heterocycles. The molecule has 1 aromatic rings. The second kappa shape index (κ2) is 7.03. The molecule has 4 nitrogen and oxygen atoms in total. The van der Waals surface area contributed by atoms with Crippen LogP contribution in [0.5, 0.6) is 5.75 Å². The van der Waals surface area contributed by atoms with E-state index in [0.717, 1.165) is 42.0 Å². The summed E-state index contributed by atoms with van der Waals surface area (Å²) < 4.78 is 6.15. The number of ketones is 1. The minimum atomic E-state index is 0.246. The van der Waals surface area contributed by atoms with Gasteiger partial charge in [0, 0.05) is 37.1 Å². The van der Waals surface area contributed by atoms with Crippen LogP contribution in [0.1, 0.15) is 5.56 Å². The molecule has 19 heavy (non-hydrogen) atoms. The van der Waals surface area contributed by atoms with Crippen molar-refractivity contribution in [1.29, 1.82) is 0 Å². The quantitative estimate of drug-likeness (QED) is 0.889. The molecule has 1 aliphatic rings. The largest absolute Gasteiger partial charge is 0.497 e. The topological polar surface area (TPSA) is 41.6 Å². The molecule has 2 rings (SSSR count). The van der Waals surface area contributed by atoms with Gasteiger partial charge in [-0.3, -0.25) is 9.69 Å². The Morgan fingerprint density at radius 1 is 1.42 bits per heavy atom. The van der Waals surface area contributed by atoms with Crippen LogP contribution in [0.2, 0.25) is 0 Å². The van der Waals surface area contributed by atoms with Crippen LogP contribution in [-0.4, -0.2) is 50.5 Å². The van der Waals surface area contributed by atoms with Crippen molar-refractivity contribution in [3.8, 4) is 5.75 Å². The predicted molar refractivity (Wildman–Crippen MR) is 78.7 cm³/mol. The summed E-state index contributed by atoms with van der Waals surface area (Å²) >= 11 is 3.48. The van der Waals surface area contributed by atoms with E-state index in [9.17, 15) is 4.79 Å². The summed E-state index contributed by atoms with van der Waals surface area (Å²) in [6.45, 7) is 4.37. The van der Waals surface area contributed by atoms with Gasteiger partial charge < -0.3 is 10.1 Å². The van der Waals surface area contributed by atoms with Gasteiger partial charge in [-0.1, -0.05) is 15.9 Å². The Morgan fingerprint density at radius 3 is 2.84 bits per heavy atom. The van der Waals surface area contributed by atoms with Gasteiger partial charge >= 0.3 is 0 Å². The van der Waals surface area contributed by atoms with Crippen molar-refractivity contribution in [2.45, 2.75) is 6.42 Å². The lowest BCUT2D eigenvalue weighted by Crippen LogP contribution is -2.45. The Bertz CT molecular complexity index is 445. The van der Waals surface area contributed by atoms with Crippen molar-refractivity contribution in [3.63, 3.8) is 0 Å². The minimum Gasteiger partial charge on any atom is -0.497 e. The van der Waals surface area contributed by atoms with Crippen LogP contribution in [0.15, 0.2) is 22.7 Å². The molecular formula is C14H19BrN2O2. The molecule has 0 atom stereocenters. The second-order valence-corrected chi connectivity index (χ2v) is 5.55. The number of methoxy groups -OCH3 is 1. The molecule has 0 aromatic heterocycles. The molecule has 0 aliphatic carbocycles. The van der Waals surface area contributed by atoms with E-state index in [-0.39, 0.29) is 5.78 Å². The summed E-state index contributed by atoms with van der Waals surface area (Å²) in [6, 6.07) is 5.72. The number of carbonyl (C=O) groups excluding carboxylic acids is 1. The summed E-state index contributed by atoms with van der Waals surface area (Å²) in [6.07, 6.45) is 0.446. The molecule has 0 spiro atoms. The summed E-state index contributed by atoms with van der Waals surface area (Å²) in [5.74, 6) is 1.03. The van der Waals surface area contributed by atoms with Crippen LogP contribution >= 0.6 is 15.9 Å². The molecule has 0 bridgehead atoms. The normalized spacial score (nSPS) is 16.3. The highest BCUT2D eigenvalue weighted by Gasteiger charge is 2.15. The molecular weight excluding hydrogens is 308 g/mol. The lowest BCUT2D eigenvalue weighted by molar-refractivity contribution is -0.119. The number of Topliss-reactive ketones (excluding diaryl/α,β-unsaturated/α-hetero) is 1. The van der Waals surface area contributed by atoms with E-state index >= 15 is 0 Å². The summed E-state index contributed by atoms with van der Waals surface area (Å²) in [4.78, 5) is 14.3. The monoisotopic (exact) mass is 326 g/mol. The highest BCUT2D eigenvalue weighted by Crippen LogP contribution is 2.23. The van der Waals surface area contributed by atoms with Crippen LogP contribution in [-0.2, 0) is 11.2 Å². The third kappa shape index (κ3) is 4.30. The molecule has 5 heteroatoms. The molecule has 0 unspecified atom stereocenters. The molecule has 1 aromatic carbocycles. The Kier molecular flexibility index (Phi) is 5.36. The zero-order valence-corrected chi connectivity index (χ0v) is 12.7. The van der Waals surface area contributed by atoms with Crippen LogP contribution in [0.3, 0.4) is 0 Å². The maximum atomic E-state index is 12.1. The van der Waals surface area contributed by atoms with E-state index < -0.39 is 0 Å². The Labute approximate surface area is 122 Å². The Hall–Kier alpha value is -0.910. The van der Waals surface area contributed by atoms with Gasteiger partial charge in [-0.2, -0.15) is 0 Å². The first-order chi connectivity index (χ1) is 9.19. The number of rotatable bonds is 5. The number of halogens is 1.